The van der Waals surface area contributed by atoms with Crippen molar-refractivity contribution < 1.29 is 4.39 Å². The zero-order valence-corrected chi connectivity index (χ0v) is 13.1. The lowest BCUT2D eigenvalue weighted by Gasteiger charge is -2.29. The normalized spacial score (nSPS) is 12.2. The standard InChI is InChI=1S/C17H20ClFN2/c1-12(13-6-8-14(18)9-7-13)21(2)17-5-3-4-16(19)15(17)10-11-20/h3-9,12H,10-11,20H2,1-2H3. The lowest BCUT2D eigenvalue weighted by Crippen LogP contribution is -2.23. The number of hydrogen-bond acceptors (Lipinski definition) is 2. The van der Waals surface area contributed by atoms with Crippen LogP contribution < -0.4 is 10.6 Å². The third kappa shape index (κ3) is 3.55. The molecule has 1 atom stereocenters. The molecule has 21 heavy (non-hydrogen) atoms. The van der Waals surface area contributed by atoms with Crippen molar-refractivity contribution >= 4 is 17.3 Å². The first-order valence-corrected chi connectivity index (χ1v) is 7.38. The number of hydrogen-bond donors (Lipinski definition) is 1. The molecule has 0 spiro atoms. The van der Waals surface area contributed by atoms with Gasteiger partial charge < -0.3 is 10.6 Å². The van der Waals surface area contributed by atoms with Gasteiger partial charge in [-0.15, -0.1) is 0 Å². The second kappa shape index (κ2) is 6.92. The molecule has 0 saturated heterocycles. The lowest BCUT2D eigenvalue weighted by atomic mass is 10.0. The molecule has 0 aromatic heterocycles. The molecule has 4 heteroatoms. The summed E-state index contributed by atoms with van der Waals surface area (Å²) in [6, 6.07) is 13.0. The Labute approximate surface area is 130 Å². The van der Waals surface area contributed by atoms with E-state index < -0.39 is 0 Å². The van der Waals surface area contributed by atoms with Gasteiger partial charge in [-0.1, -0.05) is 29.8 Å². The first-order valence-electron chi connectivity index (χ1n) is 7.00. The molecule has 0 radical (unpaired) electrons. The first kappa shape index (κ1) is 15.8. The van der Waals surface area contributed by atoms with Crippen molar-refractivity contribution in [1.82, 2.24) is 0 Å². The summed E-state index contributed by atoms with van der Waals surface area (Å²) in [6.45, 7) is 2.51. The van der Waals surface area contributed by atoms with E-state index in [4.69, 9.17) is 17.3 Å². The first-order chi connectivity index (χ1) is 10.0. The highest BCUT2D eigenvalue weighted by Gasteiger charge is 2.17. The maximum atomic E-state index is 14.0. The Bertz CT molecular complexity index is 598. The molecular weight excluding hydrogens is 287 g/mol. The van der Waals surface area contributed by atoms with Gasteiger partial charge in [0.1, 0.15) is 5.82 Å². The molecule has 0 heterocycles. The van der Waals surface area contributed by atoms with Gasteiger partial charge in [0.15, 0.2) is 0 Å². The van der Waals surface area contributed by atoms with Crippen molar-refractivity contribution in [2.75, 3.05) is 18.5 Å². The van der Waals surface area contributed by atoms with E-state index in [1.54, 1.807) is 6.07 Å². The van der Waals surface area contributed by atoms with E-state index in [2.05, 4.69) is 11.8 Å². The van der Waals surface area contributed by atoms with Gasteiger partial charge >= 0.3 is 0 Å². The Morgan fingerprint density at radius 2 is 1.86 bits per heavy atom. The van der Waals surface area contributed by atoms with Gasteiger partial charge in [-0.25, -0.2) is 4.39 Å². The molecule has 0 aliphatic carbocycles. The highest BCUT2D eigenvalue weighted by molar-refractivity contribution is 6.30. The fraction of sp³-hybridized carbons (Fsp3) is 0.294. The van der Waals surface area contributed by atoms with E-state index in [0.717, 1.165) is 11.3 Å². The van der Waals surface area contributed by atoms with Gasteiger partial charge in [-0.2, -0.15) is 0 Å². The van der Waals surface area contributed by atoms with Gasteiger partial charge in [0, 0.05) is 23.3 Å². The molecule has 2 N–H and O–H groups in total. The minimum atomic E-state index is -0.201. The average molecular weight is 307 g/mol. The second-order valence-electron chi connectivity index (χ2n) is 5.11. The molecule has 112 valence electrons. The van der Waals surface area contributed by atoms with Crippen molar-refractivity contribution in [3.05, 3.63) is 64.4 Å². The van der Waals surface area contributed by atoms with Crippen LogP contribution in [-0.4, -0.2) is 13.6 Å². The van der Waals surface area contributed by atoms with Crippen molar-refractivity contribution in [1.29, 1.82) is 0 Å². The van der Waals surface area contributed by atoms with Crippen LogP contribution in [0.2, 0.25) is 5.02 Å². The van der Waals surface area contributed by atoms with Crippen LogP contribution in [0.3, 0.4) is 0 Å². The zero-order chi connectivity index (χ0) is 15.4. The summed E-state index contributed by atoms with van der Waals surface area (Å²) in [5.41, 5.74) is 8.28. The van der Waals surface area contributed by atoms with E-state index >= 15 is 0 Å². The van der Waals surface area contributed by atoms with Crippen LogP contribution in [0.4, 0.5) is 10.1 Å². The Kier molecular flexibility index (Phi) is 5.21. The van der Waals surface area contributed by atoms with Crippen molar-refractivity contribution in [2.24, 2.45) is 5.73 Å². The summed E-state index contributed by atoms with van der Waals surface area (Å²) in [6.07, 6.45) is 0.527. The van der Waals surface area contributed by atoms with E-state index in [-0.39, 0.29) is 11.9 Å². The van der Waals surface area contributed by atoms with E-state index in [9.17, 15) is 4.39 Å². The van der Waals surface area contributed by atoms with Crippen LogP contribution in [0.5, 0.6) is 0 Å². The third-order valence-corrected chi connectivity index (χ3v) is 4.05. The van der Waals surface area contributed by atoms with Crippen molar-refractivity contribution in [3.63, 3.8) is 0 Å². The summed E-state index contributed by atoms with van der Waals surface area (Å²) in [5, 5.41) is 0.711. The summed E-state index contributed by atoms with van der Waals surface area (Å²) >= 11 is 5.92. The second-order valence-corrected chi connectivity index (χ2v) is 5.55. The van der Waals surface area contributed by atoms with E-state index in [0.29, 0.717) is 23.6 Å². The SMILES string of the molecule is CC(c1ccc(Cl)cc1)N(C)c1cccc(F)c1CCN. The highest BCUT2D eigenvalue weighted by Crippen LogP contribution is 2.30. The quantitative estimate of drug-likeness (QED) is 0.898. The largest absolute Gasteiger partial charge is 0.368 e. The number of halogens is 2. The Morgan fingerprint density at radius 1 is 1.19 bits per heavy atom. The molecule has 0 fully saturated rings. The van der Waals surface area contributed by atoms with E-state index in [1.165, 1.54) is 6.07 Å². The Hall–Kier alpha value is -1.58. The summed E-state index contributed by atoms with van der Waals surface area (Å²) in [7, 11) is 1.97. The van der Waals surface area contributed by atoms with Crippen LogP contribution >= 0.6 is 11.6 Å². The zero-order valence-electron chi connectivity index (χ0n) is 12.3. The van der Waals surface area contributed by atoms with Gasteiger partial charge in [0.2, 0.25) is 0 Å². The fourth-order valence-electron chi connectivity index (χ4n) is 2.44. The predicted octanol–water partition coefficient (Wildman–Crippen LogP) is 4.18. The molecule has 2 rings (SSSR count). The smallest absolute Gasteiger partial charge is 0.128 e. The molecule has 2 aromatic carbocycles. The summed E-state index contributed by atoms with van der Waals surface area (Å²) in [4.78, 5) is 2.07. The molecule has 2 aromatic rings. The number of benzene rings is 2. The number of anilines is 1. The van der Waals surface area contributed by atoms with Gasteiger partial charge in [0.25, 0.3) is 0 Å². The van der Waals surface area contributed by atoms with Gasteiger partial charge in [0.05, 0.1) is 6.04 Å². The van der Waals surface area contributed by atoms with Gasteiger partial charge in [-0.3, -0.25) is 0 Å². The predicted molar refractivity (Wildman–Crippen MR) is 87.4 cm³/mol. The molecule has 0 amide bonds. The fourth-order valence-corrected chi connectivity index (χ4v) is 2.57. The molecule has 0 bridgehead atoms. The van der Waals surface area contributed by atoms with Crippen molar-refractivity contribution in [2.45, 2.75) is 19.4 Å². The van der Waals surface area contributed by atoms with E-state index in [1.807, 2.05) is 37.4 Å². The highest BCUT2D eigenvalue weighted by atomic mass is 35.5. The lowest BCUT2D eigenvalue weighted by molar-refractivity contribution is 0.606. The molecule has 0 saturated carbocycles. The van der Waals surface area contributed by atoms with Crippen LogP contribution in [-0.2, 0) is 6.42 Å². The average Bonchev–Trinajstić information content (AvgIpc) is 2.49. The number of rotatable bonds is 5. The Morgan fingerprint density at radius 3 is 2.48 bits per heavy atom. The Balaban J connectivity index is 2.32. The maximum Gasteiger partial charge on any atom is 0.128 e. The maximum absolute atomic E-state index is 14.0. The molecule has 2 nitrogen and oxygen atoms in total. The minimum Gasteiger partial charge on any atom is -0.368 e. The minimum absolute atomic E-state index is 0.112. The molecule has 1 unspecified atom stereocenters. The van der Waals surface area contributed by atoms with Crippen LogP contribution in [0.25, 0.3) is 0 Å². The molecule has 0 aliphatic heterocycles. The summed E-state index contributed by atoms with van der Waals surface area (Å²) in [5.74, 6) is -0.201. The summed E-state index contributed by atoms with van der Waals surface area (Å²) < 4.78 is 14.0. The topological polar surface area (TPSA) is 29.3 Å². The van der Waals surface area contributed by atoms with Crippen LogP contribution in [0, 0.1) is 5.82 Å². The molecule has 0 aliphatic rings. The number of nitrogens with zero attached hydrogens (tertiary/aromatic N) is 1. The van der Waals surface area contributed by atoms with Gasteiger partial charge in [-0.05, 0) is 49.7 Å². The van der Waals surface area contributed by atoms with Crippen molar-refractivity contribution in [3.8, 4) is 0 Å². The monoisotopic (exact) mass is 306 g/mol. The van der Waals surface area contributed by atoms with Crippen LogP contribution in [0.1, 0.15) is 24.1 Å². The third-order valence-electron chi connectivity index (χ3n) is 3.80. The number of nitrogens with two attached hydrogens (primary N) is 1. The molecular formula is C17H20ClFN2. The van der Waals surface area contributed by atoms with Crippen LogP contribution in [0.15, 0.2) is 42.5 Å².